The minimum absolute atomic E-state index is 0.160. The van der Waals surface area contributed by atoms with Crippen LogP contribution in [0.15, 0.2) is 33.5 Å². The summed E-state index contributed by atoms with van der Waals surface area (Å²) in [7, 11) is 0. The molecule has 0 radical (unpaired) electrons. The number of benzene rings is 1. The molecule has 1 aromatic heterocycles. The number of nitrogens with one attached hydrogen (secondary N) is 4. The van der Waals surface area contributed by atoms with Crippen molar-refractivity contribution in [2.24, 2.45) is 11.5 Å². The Labute approximate surface area is 318 Å². The second-order valence-corrected chi connectivity index (χ2v) is 13.3. The predicted octanol–water partition coefficient (Wildman–Crippen LogP) is 2.21. The number of hydrogen-bond acceptors (Lipinski definition) is 12. The highest BCUT2D eigenvalue weighted by Gasteiger charge is 2.31. The van der Waals surface area contributed by atoms with Crippen LogP contribution < -0.4 is 38.4 Å². The molecule has 11 N–H and O–H groups in total. The van der Waals surface area contributed by atoms with Crippen molar-refractivity contribution in [3.8, 4) is 0 Å². The molecule has 1 aromatic carbocycles. The van der Waals surface area contributed by atoms with Crippen molar-refractivity contribution in [3.05, 3.63) is 40.2 Å². The van der Waals surface area contributed by atoms with Crippen molar-refractivity contribution >= 4 is 58.4 Å². The minimum atomic E-state index is -1.31. The van der Waals surface area contributed by atoms with Gasteiger partial charge in [-0.15, -0.1) is 0 Å². The first-order valence-corrected chi connectivity index (χ1v) is 17.6. The van der Waals surface area contributed by atoms with E-state index in [1.54, 1.807) is 39.8 Å². The van der Waals surface area contributed by atoms with Crippen LogP contribution in [0, 0.1) is 6.92 Å². The summed E-state index contributed by atoms with van der Waals surface area (Å²) in [5.41, 5.74) is 11.2. The van der Waals surface area contributed by atoms with E-state index in [2.05, 4.69) is 21.3 Å². The van der Waals surface area contributed by atoms with Gasteiger partial charge in [-0.2, -0.15) is 0 Å². The number of aryl methyl sites for hydroxylation is 1. The number of ether oxygens (including phenoxy) is 1. The maximum Gasteiger partial charge on any atom is 0.408 e. The lowest BCUT2D eigenvalue weighted by atomic mass is 10.0. The van der Waals surface area contributed by atoms with E-state index in [1.165, 1.54) is 12.1 Å². The molecule has 19 heteroatoms. The van der Waals surface area contributed by atoms with Gasteiger partial charge < -0.3 is 57.2 Å². The Morgan fingerprint density at radius 2 is 1.22 bits per heavy atom. The van der Waals surface area contributed by atoms with Gasteiger partial charge in [0.05, 0.1) is 0 Å². The largest absolute Gasteiger partial charge is 0.481 e. The molecule has 0 aliphatic carbocycles. The van der Waals surface area contributed by atoms with Gasteiger partial charge in [0.1, 0.15) is 29.3 Å². The number of nitrogens with two attached hydrogens (primary N) is 2. The number of carbonyl (C=O) groups excluding carboxylic acids is 4. The van der Waals surface area contributed by atoms with Gasteiger partial charge >= 0.3 is 17.7 Å². The van der Waals surface area contributed by atoms with Crippen molar-refractivity contribution in [1.82, 2.24) is 16.0 Å². The number of rotatable bonds is 18. The number of fused-ring (bicyclic) bond motifs is 1. The zero-order valence-electron chi connectivity index (χ0n) is 32.2. The van der Waals surface area contributed by atoms with E-state index in [4.69, 9.17) is 40.4 Å². The lowest BCUT2D eigenvalue weighted by Gasteiger charge is -2.26. The van der Waals surface area contributed by atoms with Crippen LogP contribution in [-0.2, 0) is 33.5 Å². The molecule has 3 atom stereocenters. The third-order valence-electron chi connectivity index (χ3n) is 7.03. The normalized spacial score (nSPS) is 12.2. The Morgan fingerprint density at radius 3 is 1.67 bits per heavy atom. The smallest absolute Gasteiger partial charge is 0.408 e. The molecule has 2 rings (SSSR count). The second kappa shape index (κ2) is 25.5. The second-order valence-electron chi connectivity index (χ2n) is 13.3. The van der Waals surface area contributed by atoms with E-state index < -0.39 is 77.5 Å². The first-order valence-electron chi connectivity index (χ1n) is 17.6. The number of anilines is 1. The molecule has 4 amide bonds. The van der Waals surface area contributed by atoms with Gasteiger partial charge in [0.2, 0.25) is 17.7 Å². The zero-order valence-corrected chi connectivity index (χ0v) is 32.2. The fourth-order valence-corrected chi connectivity index (χ4v) is 4.69. The lowest BCUT2D eigenvalue weighted by Crippen LogP contribution is -2.56. The van der Waals surface area contributed by atoms with Crippen LogP contribution in [0.5, 0.6) is 0 Å². The molecule has 0 unspecified atom stereocenters. The van der Waals surface area contributed by atoms with E-state index in [0.29, 0.717) is 49.8 Å². The van der Waals surface area contributed by atoms with Crippen LogP contribution in [-0.4, -0.2) is 93.9 Å². The molecule has 1 heterocycles. The molecule has 0 aliphatic heterocycles. The van der Waals surface area contributed by atoms with Crippen LogP contribution in [0.4, 0.5) is 10.5 Å². The van der Waals surface area contributed by atoms with Crippen molar-refractivity contribution in [2.75, 3.05) is 18.4 Å². The SMILES string of the molecule is CC(=O)O.CC(=O)O.Cc1cc(=O)oc2cc(NC(=O)[C@H](CCCCN)NC(=O)[C@H](CCCCN)NC(=O)[C@H](CCC(=O)O)NC(=O)OC(C)(C)C)ccc12. The molecule has 0 bridgehead atoms. The van der Waals surface area contributed by atoms with Gasteiger partial charge in [0, 0.05) is 43.5 Å². The standard InChI is InChI=1S/C32H48N6O9.2C2H4O2/c1-19-17-27(41)46-25-18-20(11-12-21(19)25)35-28(42)22(9-5-7-15-33)36-29(43)23(10-6-8-16-34)37-30(44)24(13-14-26(39)40)38-31(45)47-32(2,3)4;2*1-2(3)4/h11-12,17-18,22-24H,5-10,13-16,33-34H2,1-4H3,(H,35,42)(H,36,43)(H,37,44)(H,38,45)(H,39,40);2*1H3,(H,3,4)/t22-,23-,24-;;/m0../s1. The van der Waals surface area contributed by atoms with Gasteiger partial charge in [-0.1, -0.05) is 0 Å². The molecule has 0 fully saturated rings. The van der Waals surface area contributed by atoms with E-state index in [0.717, 1.165) is 19.4 Å². The van der Waals surface area contributed by atoms with E-state index in [1.807, 2.05) is 0 Å². The summed E-state index contributed by atoms with van der Waals surface area (Å²) >= 11 is 0. The Bertz CT molecular complexity index is 1630. The molecule has 0 spiro atoms. The molecule has 55 heavy (non-hydrogen) atoms. The summed E-state index contributed by atoms with van der Waals surface area (Å²) < 4.78 is 10.5. The summed E-state index contributed by atoms with van der Waals surface area (Å²) in [5, 5.41) is 35.2. The summed E-state index contributed by atoms with van der Waals surface area (Å²) in [6.45, 7) is 9.57. The molecule has 0 saturated heterocycles. The number of alkyl carbamates (subject to hydrolysis) is 1. The van der Waals surface area contributed by atoms with Crippen molar-refractivity contribution in [2.45, 2.75) is 117 Å². The van der Waals surface area contributed by atoms with Crippen molar-refractivity contribution in [1.29, 1.82) is 0 Å². The zero-order chi connectivity index (χ0) is 42.3. The molecule has 0 aliphatic rings. The number of hydrogen-bond donors (Lipinski definition) is 9. The van der Waals surface area contributed by atoms with Gasteiger partial charge in [-0.05, 0) is 103 Å². The highest BCUT2D eigenvalue weighted by molar-refractivity contribution is 6.00. The van der Waals surface area contributed by atoms with Crippen LogP contribution in [0.2, 0.25) is 0 Å². The highest BCUT2D eigenvalue weighted by Crippen LogP contribution is 2.21. The number of amides is 4. The maximum atomic E-state index is 13.6. The number of carboxylic acids is 3. The van der Waals surface area contributed by atoms with Crippen molar-refractivity contribution in [3.63, 3.8) is 0 Å². The number of aliphatic carboxylic acids is 3. The maximum absolute atomic E-state index is 13.6. The van der Waals surface area contributed by atoms with Gasteiger partial charge in [-0.25, -0.2) is 9.59 Å². The molecule has 308 valence electrons. The Hall–Kier alpha value is -5.56. The fraction of sp³-hybridized carbons (Fsp3) is 0.556. The minimum Gasteiger partial charge on any atom is -0.481 e. The number of carboxylic acid groups (broad SMARTS) is 3. The van der Waals surface area contributed by atoms with Gasteiger partial charge in [-0.3, -0.25) is 28.8 Å². The van der Waals surface area contributed by atoms with Gasteiger partial charge in [0.15, 0.2) is 0 Å². The average molecular weight is 781 g/mol. The van der Waals surface area contributed by atoms with E-state index >= 15 is 0 Å². The first-order chi connectivity index (χ1) is 25.6. The summed E-state index contributed by atoms with van der Waals surface area (Å²) in [6.07, 6.45) is 0.906. The van der Waals surface area contributed by atoms with Crippen LogP contribution in [0.1, 0.15) is 91.5 Å². The molecular weight excluding hydrogens is 724 g/mol. The Morgan fingerprint density at radius 1 is 0.745 bits per heavy atom. The van der Waals surface area contributed by atoms with Crippen LogP contribution in [0.25, 0.3) is 11.0 Å². The van der Waals surface area contributed by atoms with E-state index in [-0.39, 0.29) is 24.8 Å². The third-order valence-corrected chi connectivity index (χ3v) is 7.03. The van der Waals surface area contributed by atoms with Crippen LogP contribution >= 0.6 is 0 Å². The first kappa shape index (κ1) is 49.4. The Kier molecular flexibility index (Phi) is 22.9. The fourth-order valence-electron chi connectivity index (χ4n) is 4.69. The molecule has 2 aromatic rings. The summed E-state index contributed by atoms with van der Waals surface area (Å²) in [5.74, 6) is -4.83. The highest BCUT2D eigenvalue weighted by atomic mass is 16.6. The van der Waals surface area contributed by atoms with Gasteiger partial charge in [0.25, 0.3) is 11.9 Å². The number of unbranched alkanes of at least 4 members (excludes halogenated alkanes) is 2. The molecule has 0 saturated carbocycles. The van der Waals surface area contributed by atoms with Crippen molar-refractivity contribution < 1.29 is 58.0 Å². The summed E-state index contributed by atoms with van der Waals surface area (Å²) in [4.78, 5) is 93.9. The van der Waals surface area contributed by atoms with Crippen LogP contribution in [0.3, 0.4) is 0 Å². The molecular formula is C36H56N6O13. The predicted molar refractivity (Wildman–Crippen MR) is 202 cm³/mol. The summed E-state index contributed by atoms with van der Waals surface area (Å²) in [6, 6.07) is 2.78. The Balaban J connectivity index is 0.00000330. The monoisotopic (exact) mass is 780 g/mol. The third kappa shape index (κ3) is 23.0. The number of carbonyl (C=O) groups is 7. The molecule has 19 nitrogen and oxygen atoms in total. The van der Waals surface area contributed by atoms with E-state index in [9.17, 15) is 33.9 Å². The topological polar surface area (TPSA) is 320 Å². The quantitative estimate of drug-likeness (QED) is 0.0773. The lowest BCUT2D eigenvalue weighted by molar-refractivity contribution is -0.138. The average Bonchev–Trinajstić information content (AvgIpc) is 3.04.